The number of carbonyl (C=O) groups is 1. The molecule has 8 rings (SSSR count). The maximum Gasteiger partial charge on any atom is 0.420 e. The fraction of sp³-hybridized carbons (Fsp3) is 0.238. The quantitative estimate of drug-likeness (QED) is 0.142. The van der Waals surface area contributed by atoms with Crippen LogP contribution < -0.4 is 28.9 Å². The molecule has 0 unspecified atom stereocenters. The van der Waals surface area contributed by atoms with E-state index in [1.807, 2.05) is 72.8 Å². The third-order valence-electron chi connectivity index (χ3n) is 9.66. The van der Waals surface area contributed by atoms with Crippen molar-refractivity contribution in [3.05, 3.63) is 126 Å². The largest absolute Gasteiger partial charge is 0.497 e. The van der Waals surface area contributed by atoms with Crippen LogP contribution >= 0.6 is 0 Å². The molecule has 0 radical (unpaired) electrons. The van der Waals surface area contributed by atoms with E-state index in [0.29, 0.717) is 81.5 Å². The number of ether oxygens (including phenoxy) is 4. The zero-order valence-electron chi connectivity index (χ0n) is 30.7. The number of methoxy groups -OCH3 is 2. The summed E-state index contributed by atoms with van der Waals surface area (Å²) in [6, 6.07) is 27.3. The van der Waals surface area contributed by atoms with Gasteiger partial charge in [-0.1, -0.05) is 36.4 Å². The number of hydrogen-bond donors (Lipinski definition) is 0. The Balaban J connectivity index is 1.08. The lowest BCUT2D eigenvalue weighted by atomic mass is 10.1. The predicted molar refractivity (Wildman–Crippen MR) is 209 cm³/mol. The van der Waals surface area contributed by atoms with E-state index in [-0.39, 0.29) is 0 Å². The van der Waals surface area contributed by atoms with Gasteiger partial charge in [-0.2, -0.15) is 4.98 Å². The molecule has 3 aromatic carbocycles. The lowest BCUT2D eigenvalue weighted by Gasteiger charge is -2.28. The summed E-state index contributed by atoms with van der Waals surface area (Å²) < 4.78 is 22.2. The normalized spacial score (nSPS) is 13.6. The first-order valence-electron chi connectivity index (χ1n) is 18.1. The second-order valence-electron chi connectivity index (χ2n) is 13.1. The molecule has 0 saturated carbocycles. The summed E-state index contributed by atoms with van der Waals surface area (Å²) in [6.45, 7) is 3.93. The average molecular weight is 737 g/mol. The Morgan fingerprint density at radius 3 is 1.89 bits per heavy atom. The number of amides is 1. The lowest BCUT2D eigenvalue weighted by Crippen LogP contribution is -2.38. The minimum absolute atomic E-state index is 0.397. The molecule has 2 aliphatic rings. The Hall–Kier alpha value is -6.60. The minimum atomic E-state index is -0.507. The van der Waals surface area contributed by atoms with Crippen LogP contribution in [0.5, 0.6) is 17.2 Å². The van der Waals surface area contributed by atoms with Crippen LogP contribution in [0, 0.1) is 0 Å². The van der Waals surface area contributed by atoms with Gasteiger partial charge in [0.2, 0.25) is 11.9 Å². The summed E-state index contributed by atoms with van der Waals surface area (Å²) >= 11 is 0. The zero-order chi connectivity index (χ0) is 37.6. The molecular weight excluding hydrogens is 697 g/mol. The first-order valence-corrected chi connectivity index (χ1v) is 18.1. The average Bonchev–Trinajstić information content (AvgIpc) is 3.69. The van der Waals surface area contributed by atoms with Crippen LogP contribution in [0.1, 0.15) is 16.7 Å². The molecular formula is C42H40N8O5. The first-order chi connectivity index (χ1) is 27.0. The van der Waals surface area contributed by atoms with Crippen molar-refractivity contribution in [2.45, 2.75) is 19.5 Å². The van der Waals surface area contributed by atoms with Crippen LogP contribution in [0.2, 0.25) is 0 Å². The maximum absolute atomic E-state index is 13.7. The van der Waals surface area contributed by atoms with E-state index in [4.69, 9.17) is 38.9 Å². The van der Waals surface area contributed by atoms with E-state index < -0.39 is 6.09 Å². The van der Waals surface area contributed by atoms with Crippen LogP contribution in [-0.4, -0.2) is 78.1 Å². The molecule has 1 saturated heterocycles. The van der Waals surface area contributed by atoms with Crippen molar-refractivity contribution in [2.24, 2.45) is 0 Å². The monoisotopic (exact) mass is 736 g/mol. The van der Waals surface area contributed by atoms with Crippen molar-refractivity contribution in [1.82, 2.24) is 24.9 Å². The number of morpholine rings is 1. The Kier molecular flexibility index (Phi) is 10.4. The number of carbonyl (C=O) groups excluding carboxylic acids is 1. The Labute approximate surface area is 319 Å². The fourth-order valence-electron chi connectivity index (χ4n) is 6.69. The molecule has 13 heteroatoms. The molecule has 6 aromatic rings. The summed E-state index contributed by atoms with van der Waals surface area (Å²) in [5.74, 6) is 3.63. The van der Waals surface area contributed by atoms with Gasteiger partial charge in [-0.05, 0) is 77.2 Å². The van der Waals surface area contributed by atoms with E-state index in [1.165, 1.54) is 0 Å². The van der Waals surface area contributed by atoms with Gasteiger partial charge in [0.05, 0.1) is 33.1 Å². The van der Waals surface area contributed by atoms with Crippen LogP contribution in [0.15, 0.2) is 110 Å². The number of aromatic nitrogens is 5. The smallest absolute Gasteiger partial charge is 0.420 e. The second kappa shape index (κ2) is 16.2. The molecule has 3 aromatic heterocycles. The van der Waals surface area contributed by atoms with Gasteiger partial charge in [-0.15, -0.1) is 0 Å². The van der Waals surface area contributed by atoms with E-state index in [9.17, 15) is 4.79 Å². The minimum Gasteiger partial charge on any atom is -0.497 e. The van der Waals surface area contributed by atoms with Gasteiger partial charge in [-0.3, -0.25) is 9.88 Å². The number of pyridine rings is 1. The molecule has 2 aliphatic heterocycles. The van der Waals surface area contributed by atoms with E-state index in [0.717, 1.165) is 44.9 Å². The van der Waals surface area contributed by atoms with Crippen LogP contribution in [-0.2, 0) is 24.2 Å². The fourth-order valence-corrected chi connectivity index (χ4v) is 6.69. The van der Waals surface area contributed by atoms with Gasteiger partial charge in [-0.25, -0.2) is 19.7 Å². The van der Waals surface area contributed by atoms with Crippen LogP contribution in [0.4, 0.5) is 22.5 Å². The summed E-state index contributed by atoms with van der Waals surface area (Å²) in [7, 11) is 3.32. The molecule has 0 bridgehead atoms. The maximum atomic E-state index is 13.7. The number of nitrogens with zero attached hydrogens (tertiary/aromatic N) is 8. The molecule has 0 atom stereocenters. The number of benzene rings is 3. The molecule has 1 amide bonds. The molecule has 0 N–H and O–H groups in total. The molecule has 1 fully saturated rings. The number of rotatable bonds is 11. The summed E-state index contributed by atoms with van der Waals surface area (Å²) in [4.78, 5) is 43.4. The van der Waals surface area contributed by atoms with Crippen molar-refractivity contribution in [2.75, 3.05) is 61.8 Å². The SMILES string of the molecule is COc1ccc(CN(Cc2ccc(OC)cc2)c2ncc(-c3nc(N4CCOCC4)nc4c3CCN4C(=O)Oc3ccc(-c4ccncc4)cc3)cn2)cc1. The summed E-state index contributed by atoms with van der Waals surface area (Å²) in [5.41, 5.74) is 6.45. The molecule has 13 nitrogen and oxygen atoms in total. The lowest BCUT2D eigenvalue weighted by molar-refractivity contribution is 0.122. The summed E-state index contributed by atoms with van der Waals surface area (Å²) in [5, 5.41) is 0. The first kappa shape index (κ1) is 35.4. The molecule has 5 heterocycles. The van der Waals surface area contributed by atoms with E-state index in [2.05, 4.69) is 14.8 Å². The highest BCUT2D eigenvalue weighted by atomic mass is 16.6. The highest BCUT2D eigenvalue weighted by Crippen LogP contribution is 2.36. The standard InChI is InChI=1S/C42H40N8O5/c1-52-34-9-3-29(4-10-34)27-49(28-30-5-11-35(53-2)12-6-30)40-44-25-33(26-45-40)38-37-17-20-50(39(37)47-41(46-38)48-21-23-54-24-22-48)42(51)55-36-13-7-31(8-14-36)32-15-18-43-19-16-32/h3-16,18-19,25-26H,17,20-24,27-28H2,1-2H3. The predicted octanol–water partition coefficient (Wildman–Crippen LogP) is 6.62. The van der Waals surface area contributed by atoms with Crippen LogP contribution in [0.25, 0.3) is 22.4 Å². The highest BCUT2D eigenvalue weighted by molar-refractivity contribution is 5.92. The van der Waals surface area contributed by atoms with Gasteiger partial charge in [0.15, 0.2) is 0 Å². The van der Waals surface area contributed by atoms with Gasteiger partial charge in [0, 0.05) is 68.6 Å². The molecule has 278 valence electrons. The van der Waals surface area contributed by atoms with Crippen molar-refractivity contribution < 1.29 is 23.7 Å². The number of fused-ring (bicyclic) bond motifs is 1. The number of hydrogen-bond acceptors (Lipinski definition) is 12. The molecule has 0 aliphatic carbocycles. The van der Waals surface area contributed by atoms with Crippen molar-refractivity contribution >= 4 is 23.8 Å². The zero-order valence-corrected chi connectivity index (χ0v) is 30.7. The van der Waals surface area contributed by atoms with E-state index in [1.54, 1.807) is 56.0 Å². The Morgan fingerprint density at radius 2 is 1.29 bits per heavy atom. The van der Waals surface area contributed by atoms with Crippen LogP contribution in [0.3, 0.4) is 0 Å². The molecule has 0 spiro atoms. The van der Waals surface area contributed by atoms with Crippen molar-refractivity contribution in [3.63, 3.8) is 0 Å². The van der Waals surface area contributed by atoms with Gasteiger partial charge in [0.25, 0.3) is 0 Å². The number of anilines is 3. The van der Waals surface area contributed by atoms with E-state index >= 15 is 0 Å². The van der Waals surface area contributed by atoms with Crippen molar-refractivity contribution in [1.29, 1.82) is 0 Å². The Bertz CT molecular complexity index is 2170. The van der Waals surface area contributed by atoms with Gasteiger partial charge in [0.1, 0.15) is 23.1 Å². The Morgan fingerprint density at radius 1 is 0.709 bits per heavy atom. The third kappa shape index (κ3) is 8.02. The second-order valence-corrected chi connectivity index (χ2v) is 13.1. The van der Waals surface area contributed by atoms with Crippen molar-refractivity contribution in [3.8, 4) is 39.6 Å². The third-order valence-corrected chi connectivity index (χ3v) is 9.66. The van der Waals surface area contributed by atoms with Gasteiger partial charge >= 0.3 is 6.09 Å². The van der Waals surface area contributed by atoms with Gasteiger partial charge < -0.3 is 28.7 Å². The molecule has 55 heavy (non-hydrogen) atoms. The summed E-state index contributed by atoms with van der Waals surface area (Å²) in [6.07, 6.45) is 7.14. The highest BCUT2D eigenvalue weighted by Gasteiger charge is 2.33. The topological polar surface area (TPSA) is 128 Å².